The van der Waals surface area contributed by atoms with E-state index in [4.69, 9.17) is 11.6 Å². The maximum Gasteiger partial charge on any atom is 0.272 e. The second kappa shape index (κ2) is 11.7. The molecule has 6 rings (SSSR count). The fourth-order valence-electron chi connectivity index (χ4n) is 5.20. The summed E-state index contributed by atoms with van der Waals surface area (Å²) in [5.41, 5.74) is 10.8. The van der Waals surface area contributed by atoms with Crippen LogP contribution in [0, 0.1) is 41.5 Å². The molecule has 0 spiro atoms. The van der Waals surface area contributed by atoms with Crippen LogP contribution < -0.4 is 15.4 Å². The van der Waals surface area contributed by atoms with E-state index >= 15 is 0 Å². The minimum Gasteiger partial charge on any atom is -0.363 e. The minimum absolute atomic E-state index is 0.104. The zero-order chi connectivity index (χ0) is 32.0. The molecule has 12 heteroatoms. The van der Waals surface area contributed by atoms with E-state index in [1.165, 1.54) is 10.6 Å². The number of hydrogen-bond donors (Lipinski definition) is 1. The lowest BCUT2D eigenvalue weighted by molar-refractivity contribution is 0.873. The van der Waals surface area contributed by atoms with Crippen LogP contribution >= 0.6 is 11.6 Å². The van der Waals surface area contributed by atoms with Crippen molar-refractivity contribution in [2.75, 3.05) is 38.0 Å². The highest BCUT2D eigenvalue weighted by Crippen LogP contribution is 2.32. The summed E-state index contributed by atoms with van der Waals surface area (Å²) < 4.78 is 3.16. The molecule has 0 aliphatic carbocycles. The van der Waals surface area contributed by atoms with Crippen molar-refractivity contribution in [2.45, 2.75) is 41.5 Å². The van der Waals surface area contributed by atoms with Gasteiger partial charge in [0, 0.05) is 80.4 Å². The van der Waals surface area contributed by atoms with E-state index in [1.54, 1.807) is 4.52 Å². The third-order valence-electron chi connectivity index (χ3n) is 7.42. The van der Waals surface area contributed by atoms with Crippen LogP contribution in [0.4, 0.5) is 11.6 Å². The number of rotatable bonds is 4. The Morgan fingerprint density at radius 2 is 1.25 bits per heavy atom. The van der Waals surface area contributed by atoms with E-state index in [1.807, 2.05) is 97.1 Å². The second-order valence-electron chi connectivity index (χ2n) is 11.4. The highest BCUT2D eigenvalue weighted by atomic mass is 35.5. The number of aromatic nitrogens is 8. The standard InChI is InChI=1S/C16H18ClN5.C16H19N5O/c1-9-6-14(21(4)5)18-8-12(9)15-11(3)20-22-13(17)7-10(2)19-16(15)22;1-9-6-13(20(4)5)17-8-12(9)15-11(3)19-21-14(22)7-10(2)18-16(15)21/h6-8H,1-5H3;6-8,19H,1-5H3. The van der Waals surface area contributed by atoms with E-state index in [-0.39, 0.29) is 5.56 Å². The Labute approximate surface area is 261 Å². The van der Waals surface area contributed by atoms with Crippen LogP contribution in [-0.4, -0.2) is 67.4 Å². The molecule has 0 saturated carbocycles. The number of pyridine rings is 2. The van der Waals surface area contributed by atoms with Gasteiger partial charge in [0.15, 0.2) is 11.3 Å². The second-order valence-corrected chi connectivity index (χ2v) is 11.8. The SMILES string of the molecule is Cc1cc(=O)n2[nH]c(C)c(-c3cnc(N(C)C)cc3C)c2n1.Cc1cc(Cl)n2nc(C)c(-c3cnc(N(C)C)cc3C)c2n1. The van der Waals surface area contributed by atoms with Gasteiger partial charge in [0.25, 0.3) is 5.56 Å². The number of aromatic amines is 1. The predicted octanol–water partition coefficient (Wildman–Crippen LogP) is 5.51. The molecule has 6 aromatic heterocycles. The van der Waals surface area contributed by atoms with Crippen LogP contribution in [-0.2, 0) is 0 Å². The average Bonchev–Trinajstić information content (AvgIpc) is 3.45. The molecule has 44 heavy (non-hydrogen) atoms. The zero-order valence-electron chi connectivity index (χ0n) is 26.8. The quantitative estimate of drug-likeness (QED) is 0.259. The molecule has 0 bridgehead atoms. The Hall–Kier alpha value is -4.77. The van der Waals surface area contributed by atoms with Crippen molar-refractivity contribution in [1.82, 2.24) is 39.2 Å². The molecule has 6 aromatic rings. The Kier molecular flexibility index (Phi) is 8.17. The summed E-state index contributed by atoms with van der Waals surface area (Å²) in [5.74, 6) is 1.83. The predicted molar refractivity (Wildman–Crippen MR) is 177 cm³/mol. The van der Waals surface area contributed by atoms with Crippen molar-refractivity contribution in [3.63, 3.8) is 0 Å². The topological polar surface area (TPSA) is 113 Å². The molecule has 0 aromatic carbocycles. The first-order valence-corrected chi connectivity index (χ1v) is 14.5. The van der Waals surface area contributed by atoms with Gasteiger partial charge in [0.1, 0.15) is 16.8 Å². The molecule has 1 N–H and O–H groups in total. The maximum absolute atomic E-state index is 12.1. The monoisotopic (exact) mass is 612 g/mol. The number of halogens is 1. The molecule has 0 aliphatic heterocycles. The van der Waals surface area contributed by atoms with Gasteiger partial charge in [-0.25, -0.2) is 29.0 Å². The molecule has 0 unspecified atom stereocenters. The highest BCUT2D eigenvalue weighted by Gasteiger charge is 2.19. The molecule has 0 radical (unpaired) electrons. The molecule has 0 fully saturated rings. The van der Waals surface area contributed by atoms with Crippen molar-refractivity contribution in [3.8, 4) is 22.3 Å². The summed E-state index contributed by atoms with van der Waals surface area (Å²) >= 11 is 6.28. The van der Waals surface area contributed by atoms with E-state index in [2.05, 4.69) is 43.1 Å². The van der Waals surface area contributed by atoms with Gasteiger partial charge < -0.3 is 9.80 Å². The van der Waals surface area contributed by atoms with Crippen molar-refractivity contribution < 1.29 is 0 Å². The number of nitrogens with zero attached hydrogens (tertiary/aromatic N) is 9. The zero-order valence-corrected chi connectivity index (χ0v) is 27.5. The van der Waals surface area contributed by atoms with Gasteiger partial charge in [-0.15, -0.1) is 0 Å². The first-order valence-electron chi connectivity index (χ1n) is 14.2. The molecule has 0 amide bonds. The van der Waals surface area contributed by atoms with Crippen LogP contribution in [0.5, 0.6) is 0 Å². The molecular formula is C32H37ClN10O. The number of anilines is 2. The normalized spacial score (nSPS) is 11.2. The highest BCUT2D eigenvalue weighted by molar-refractivity contribution is 6.29. The van der Waals surface area contributed by atoms with Crippen LogP contribution in [0.3, 0.4) is 0 Å². The van der Waals surface area contributed by atoms with Crippen LogP contribution in [0.25, 0.3) is 33.5 Å². The largest absolute Gasteiger partial charge is 0.363 e. The molecule has 11 nitrogen and oxygen atoms in total. The third kappa shape index (κ3) is 5.62. The Bertz CT molecular complexity index is 2090. The number of hydrogen-bond acceptors (Lipinski definition) is 8. The first-order chi connectivity index (χ1) is 20.8. The van der Waals surface area contributed by atoms with E-state index in [0.717, 1.165) is 67.7 Å². The summed E-state index contributed by atoms with van der Waals surface area (Å²) in [6.07, 6.45) is 3.72. The van der Waals surface area contributed by atoms with Gasteiger partial charge in [-0.2, -0.15) is 5.10 Å². The summed E-state index contributed by atoms with van der Waals surface area (Å²) in [4.78, 5) is 34.2. The van der Waals surface area contributed by atoms with Crippen LogP contribution in [0.2, 0.25) is 5.15 Å². The van der Waals surface area contributed by atoms with Crippen molar-refractivity contribution >= 4 is 34.5 Å². The molecule has 0 saturated heterocycles. The smallest absolute Gasteiger partial charge is 0.272 e. The maximum atomic E-state index is 12.1. The Morgan fingerprint density at radius 3 is 1.80 bits per heavy atom. The van der Waals surface area contributed by atoms with Gasteiger partial charge in [-0.3, -0.25) is 9.89 Å². The molecule has 228 valence electrons. The molecule has 0 atom stereocenters. The van der Waals surface area contributed by atoms with Crippen molar-refractivity contribution in [2.24, 2.45) is 0 Å². The summed E-state index contributed by atoms with van der Waals surface area (Å²) in [5, 5.41) is 8.16. The van der Waals surface area contributed by atoms with Gasteiger partial charge in [0.05, 0.1) is 11.3 Å². The average molecular weight is 613 g/mol. The fraction of sp³-hybridized carbons (Fsp3) is 0.312. The molecule has 6 heterocycles. The number of H-pyrrole nitrogens is 1. The summed E-state index contributed by atoms with van der Waals surface area (Å²) in [6, 6.07) is 7.43. The number of fused-ring (bicyclic) bond motifs is 2. The van der Waals surface area contributed by atoms with Gasteiger partial charge in [0.2, 0.25) is 0 Å². The number of nitrogens with one attached hydrogen (secondary N) is 1. The van der Waals surface area contributed by atoms with E-state index in [9.17, 15) is 4.79 Å². The van der Waals surface area contributed by atoms with Gasteiger partial charge in [-0.05, 0) is 70.9 Å². The van der Waals surface area contributed by atoms with Gasteiger partial charge in [-0.1, -0.05) is 11.6 Å². The lowest BCUT2D eigenvalue weighted by Gasteiger charge is -2.13. The molecule has 0 aliphatic rings. The lowest BCUT2D eigenvalue weighted by atomic mass is 10.0. The van der Waals surface area contributed by atoms with Crippen LogP contribution in [0.15, 0.2) is 41.5 Å². The Balaban J connectivity index is 0.000000175. The van der Waals surface area contributed by atoms with Crippen molar-refractivity contribution in [1.29, 1.82) is 0 Å². The van der Waals surface area contributed by atoms with E-state index < -0.39 is 0 Å². The number of aryl methyl sites for hydroxylation is 6. The molecular weight excluding hydrogens is 576 g/mol. The van der Waals surface area contributed by atoms with Crippen molar-refractivity contribution in [3.05, 3.63) is 86.1 Å². The first kappa shape index (κ1) is 30.7. The lowest BCUT2D eigenvalue weighted by Crippen LogP contribution is -2.14. The Morgan fingerprint density at radius 1 is 0.727 bits per heavy atom. The van der Waals surface area contributed by atoms with Crippen LogP contribution in [0.1, 0.15) is 33.9 Å². The van der Waals surface area contributed by atoms with Gasteiger partial charge >= 0.3 is 0 Å². The summed E-state index contributed by atoms with van der Waals surface area (Å²) in [6.45, 7) is 11.8. The van der Waals surface area contributed by atoms with E-state index in [0.29, 0.717) is 16.5 Å². The third-order valence-corrected chi connectivity index (χ3v) is 7.69. The fourth-order valence-corrected chi connectivity index (χ4v) is 5.47. The minimum atomic E-state index is -0.104. The summed E-state index contributed by atoms with van der Waals surface area (Å²) in [7, 11) is 7.88.